The van der Waals surface area contributed by atoms with E-state index < -0.39 is 5.97 Å². The number of carbonyl (C=O) groups excluding carboxylic acids is 1. The number of nitrogens with zero attached hydrogens (tertiary/aromatic N) is 3. The number of benzene rings is 3. The molecule has 1 saturated heterocycles. The van der Waals surface area contributed by atoms with Crippen LogP contribution in [0.25, 0.3) is 21.8 Å². The van der Waals surface area contributed by atoms with Crippen LogP contribution in [-0.4, -0.2) is 51.4 Å². The molecule has 0 unspecified atom stereocenters. The molecule has 2 aromatic heterocycles. The minimum Gasteiger partial charge on any atom is -0.494 e. The summed E-state index contributed by atoms with van der Waals surface area (Å²) in [6.07, 6.45) is 4.56. The summed E-state index contributed by atoms with van der Waals surface area (Å²) in [5, 5.41) is 12.9. The molecule has 3 heterocycles. The number of fused-ring (bicyclic) bond motifs is 2. The topological polar surface area (TPSA) is 82.8 Å². The molecule has 1 aliphatic heterocycles. The van der Waals surface area contributed by atoms with Crippen molar-refractivity contribution in [3.8, 4) is 5.88 Å². The first-order chi connectivity index (χ1) is 18.5. The third-order valence-corrected chi connectivity index (χ3v) is 7.38. The molecule has 0 amide bonds. The van der Waals surface area contributed by atoms with Gasteiger partial charge in [-0.3, -0.25) is 4.90 Å². The first kappa shape index (κ1) is 24.0. The van der Waals surface area contributed by atoms with Gasteiger partial charge in [0.25, 0.3) is 0 Å². The van der Waals surface area contributed by atoms with Gasteiger partial charge >= 0.3 is 5.97 Å². The van der Waals surface area contributed by atoms with Crippen LogP contribution in [-0.2, 0) is 18.3 Å². The van der Waals surface area contributed by atoms with Crippen molar-refractivity contribution in [1.82, 2.24) is 14.5 Å². The van der Waals surface area contributed by atoms with E-state index in [1.165, 1.54) is 25.5 Å². The lowest BCUT2D eigenvalue weighted by Gasteiger charge is -2.14. The second-order valence-electron chi connectivity index (χ2n) is 9.91. The predicted molar refractivity (Wildman–Crippen MR) is 150 cm³/mol. The highest BCUT2D eigenvalue weighted by Crippen LogP contribution is 2.33. The first-order valence-corrected chi connectivity index (χ1v) is 12.9. The number of nitrogens with one attached hydrogen (secondary N) is 1. The van der Waals surface area contributed by atoms with Crippen LogP contribution in [0, 0.1) is 0 Å². The number of likely N-dealkylation sites (tertiary alicyclic amines) is 1. The molecule has 1 aliphatic rings. The van der Waals surface area contributed by atoms with Gasteiger partial charge in [0, 0.05) is 47.2 Å². The van der Waals surface area contributed by atoms with E-state index in [0.29, 0.717) is 27.7 Å². The maximum Gasteiger partial charge on any atom is 0.337 e. The van der Waals surface area contributed by atoms with Crippen molar-refractivity contribution in [3.05, 3.63) is 95.2 Å². The number of aliphatic imine (C=N–C) groups is 1. The Kier molecular flexibility index (Phi) is 6.21. The van der Waals surface area contributed by atoms with E-state index >= 15 is 0 Å². The summed E-state index contributed by atoms with van der Waals surface area (Å²) in [6.45, 7) is 3.25. The van der Waals surface area contributed by atoms with E-state index in [1.807, 2.05) is 31.4 Å². The van der Waals surface area contributed by atoms with Gasteiger partial charge in [0.1, 0.15) is 0 Å². The number of ether oxygens (including phenoxy) is 1. The molecule has 7 heteroatoms. The Bertz CT molecular complexity index is 1670. The fourth-order valence-electron chi connectivity index (χ4n) is 5.36. The smallest absolute Gasteiger partial charge is 0.337 e. The summed E-state index contributed by atoms with van der Waals surface area (Å²) in [4.78, 5) is 22.9. The number of rotatable bonds is 6. The standard InChI is InChI=1S/C31H30N4O3/c1-34-16-13-21-17-22(8-12-27(21)34)29(32-24-9-5-20(6-10-24)19-35-14-3-4-15-35)28-25-18-23(31(37)38-2)7-11-26(25)33-30(28)36/h5-13,16-18,33,36H,3-4,14-15,19H2,1-2H3. The Morgan fingerprint density at radius 2 is 1.76 bits per heavy atom. The molecule has 2 N–H and O–H groups in total. The van der Waals surface area contributed by atoms with Gasteiger partial charge in [-0.25, -0.2) is 9.79 Å². The van der Waals surface area contributed by atoms with Gasteiger partial charge in [-0.05, 0) is 80.0 Å². The zero-order chi connectivity index (χ0) is 26.2. The van der Waals surface area contributed by atoms with Crippen LogP contribution in [0.1, 0.15) is 39.9 Å². The van der Waals surface area contributed by atoms with E-state index in [9.17, 15) is 9.90 Å². The molecular weight excluding hydrogens is 476 g/mol. The number of esters is 1. The summed E-state index contributed by atoms with van der Waals surface area (Å²) in [5.74, 6) is -0.434. The number of aryl methyl sites for hydroxylation is 1. The second-order valence-corrected chi connectivity index (χ2v) is 9.91. The van der Waals surface area contributed by atoms with E-state index in [0.717, 1.165) is 41.8 Å². The molecule has 3 aromatic carbocycles. The molecule has 0 spiro atoms. The van der Waals surface area contributed by atoms with Crippen LogP contribution in [0.15, 0.2) is 77.9 Å². The number of hydrogen-bond donors (Lipinski definition) is 2. The maximum atomic E-state index is 12.3. The Morgan fingerprint density at radius 3 is 2.53 bits per heavy atom. The van der Waals surface area contributed by atoms with E-state index in [-0.39, 0.29) is 5.88 Å². The molecule has 7 nitrogen and oxygen atoms in total. The van der Waals surface area contributed by atoms with Crippen molar-refractivity contribution < 1.29 is 14.6 Å². The lowest BCUT2D eigenvalue weighted by Crippen LogP contribution is -2.18. The quantitative estimate of drug-likeness (QED) is 0.221. The third kappa shape index (κ3) is 4.46. The molecule has 0 saturated carbocycles. The van der Waals surface area contributed by atoms with Gasteiger partial charge in [-0.15, -0.1) is 0 Å². The molecule has 38 heavy (non-hydrogen) atoms. The molecule has 192 valence electrons. The van der Waals surface area contributed by atoms with Crippen molar-refractivity contribution >= 4 is 39.2 Å². The number of hydrogen-bond acceptors (Lipinski definition) is 5. The highest BCUT2D eigenvalue weighted by atomic mass is 16.5. The van der Waals surface area contributed by atoms with Gasteiger partial charge in [0.05, 0.1) is 29.6 Å². The summed E-state index contributed by atoms with van der Waals surface area (Å²) >= 11 is 0. The predicted octanol–water partition coefficient (Wildman–Crippen LogP) is 5.92. The monoisotopic (exact) mass is 506 g/mol. The number of carbonyl (C=O) groups is 1. The Morgan fingerprint density at radius 1 is 1.00 bits per heavy atom. The minimum atomic E-state index is -0.434. The summed E-state index contributed by atoms with van der Waals surface area (Å²) < 4.78 is 7.00. The molecule has 0 radical (unpaired) electrons. The van der Waals surface area contributed by atoms with Gasteiger partial charge < -0.3 is 19.4 Å². The average molecular weight is 507 g/mol. The van der Waals surface area contributed by atoms with Crippen LogP contribution in [0.4, 0.5) is 5.69 Å². The number of aromatic nitrogens is 2. The number of aromatic hydroxyl groups is 1. The SMILES string of the molecule is COC(=O)c1ccc2[nH]c(O)c(C(=Nc3ccc(CN4CCCC4)cc3)c3ccc4c(ccn4C)c3)c2c1. The van der Waals surface area contributed by atoms with Gasteiger partial charge in [0.15, 0.2) is 5.88 Å². The fourth-order valence-corrected chi connectivity index (χ4v) is 5.36. The highest BCUT2D eigenvalue weighted by Gasteiger charge is 2.21. The van der Waals surface area contributed by atoms with Gasteiger partial charge in [-0.2, -0.15) is 0 Å². The Hall–Kier alpha value is -4.36. The van der Waals surface area contributed by atoms with Crippen LogP contribution in [0.2, 0.25) is 0 Å². The zero-order valence-electron chi connectivity index (χ0n) is 21.6. The number of aromatic amines is 1. The van der Waals surface area contributed by atoms with Crippen LogP contribution in [0.3, 0.4) is 0 Å². The minimum absolute atomic E-state index is 0.000391. The van der Waals surface area contributed by atoms with Crippen molar-refractivity contribution in [2.75, 3.05) is 20.2 Å². The van der Waals surface area contributed by atoms with E-state index in [1.54, 1.807) is 18.2 Å². The molecule has 0 aliphatic carbocycles. The van der Waals surface area contributed by atoms with Gasteiger partial charge in [-0.1, -0.05) is 18.2 Å². The molecule has 0 bridgehead atoms. The van der Waals surface area contributed by atoms with E-state index in [4.69, 9.17) is 9.73 Å². The summed E-state index contributed by atoms with van der Waals surface area (Å²) in [6, 6.07) is 21.7. The Labute approximate surface area is 221 Å². The first-order valence-electron chi connectivity index (χ1n) is 12.9. The van der Waals surface area contributed by atoms with Crippen molar-refractivity contribution in [2.45, 2.75) is 19.4 Å². The van der Waals surface area contributed by atoms with Crippen LogP contribution >= 0.6 is 0 Å². The lowest BCUT2D eigenvalue weighted by molar-refractivity contribution is 0.0601. The van der Waals surface area contributed by atoms with Crippen LogP contribution < -0.4 is 0 Å². The van der Waals surface area contributed by atoms with Crippen molar-refractivity contribution in [1.29, 1.82) is 0 Å². The largest absolute Gasteiger partial charge is 0.494 e. The normalized spacial score (nSPS) is 14.5. The number of methoxy groups -OCH3 is 1. The maximum absolute atomic E-state index is 12.3. The second kappa shape index (κ2) is 9.84. The van der Waals surface area contributed by atoms with Crippen molar-refractivity contribution in [2.24, 2.45) is 12.0 Å². The summed E-state index contributed by atoms with van der Waals surface area (Å²) in [5.41, 5.74) is 6.30. The average Bonchev–Trinajstić information content (AvgIpc) is 3.66. The zero-order valence-corrected chi connectivity index (χ0v) is 21.6. The number of H-pyrrole nitrogens is 1. The molecule has 5 aromatic rings. The lowest BCUT2D eigenvalue weighted by atomic mass is 9.98. The molecular formula is C31H30N4O3. The third-order valence-electron chi connectivity index (χ3n) is 7.38. The van der Waals surface area contributed by atoms with E-state index in [2.05, 4.69) is 44.8 Å². The highest BCUT2D eigenvalue weighted by molar-refractivity contribution is 6.23. The Balaban J connectivity index is 1.49. The fraction of sp³-hybridized carbons (Fsp3) is 0.226. The molecule has 6 rings (SSSR count). The van der Waals surface area contributed by atoms with Gasteiger partial charge in [0.2, 0.25) is 0 Å². The molecule has 0 atom stereocenters. The van der Waals surface area contributed by atoms with Crippen LogP contribution in [0.5, 0.6) is 5.88 Å². The summed E-state index contributed by atoms with van der Waals surface area (Å²) in [7, 11) is 3.37. The molecule has 1 fully saturated rings. The van der Waals surface area contributed by atoms with Crippen molar-refractivity contribution in [3.63, 3.8) is 0 Å².